The fourth-order valence-corrected chi connectivity index (χ4v) is 4.16. The molecule has 0 atom stereocenters. The number of hydrogen-bond donors (Lipinski definition) is 2. The highest BCUT2D eigenvalue weighted by atomic mass is 35.5. The van der Waals surface area contributed by atoms with Crippen LogP contribution in [0.3, 0.4) is 0 Å². The highest BCUT2D eigenvalue weighted by molar-refractivity contribution is 6.30. The van der Waals surface area contributed by atoms with E-state index in [1.807, 2.05) is 13.0 Å². The van der Waals surface area contributed by atoms with Gasteiger partial charge >= 0.3 is 0 Å². The van der Waals surface area contributed by atoms with Crippen LogP contribution in [0.25, 0.3) is 0 Å². The molecule has 2 aliphatic heterocycles. The average molecular weight is 339 g/mol. The van der Waals surface area contributed by atoms with Crippen LogP contribution >= 0.6 is 11.6 Å². The standard InChI is InChI=1S/C18H27ClN2O2/c1-13-10-15(19)11-14(18(13)23)12-20-6-2-16(3-7-20)21-8-4-17(22)5-9-21/h10-11,16-17,22-23H,2-9,12H2,1H3. The van der Waals surface area contributed by atoms with E-state index in [9.17, 15) is 10.2 Å². The molecule has 0 unspecified atom stereocenters. The molecular weight excluding hydrogens is 312 g/mol. The number of rotatable bonds is 3. The van der Waals surface area contributed by atoms with Crippen molar-refractivity contribution in [1.29, 1.82) is 0 Å². The predicted octanol–water partition coefficient (Wildman–Crippen LogP) is 2.78. The molecule has 2 heterocycles. The van der Waals surface area contributed by atoms with Crippen molar-refractivity contribution in [3.63, 3.8) is 0 Å². The molecule has 1 aromatic rings. The van der Waals surface area contributed by atoms with Gasteiger partial charge in [-0.2, -0.15) is 0 Å². The highest BCUT2D eigenvalue weighted by Crippen LogP contribution is 2.29. The third kappa shape index (κ3) is 4.18. The zero-order valence-corrected chi connectivity index (χ0v) is 14.6. The van der Waals surface area contributed by atoms with Crippen LogP contribution in [0.4, 0.5) is 0 Å². The zero-order chi connectivity index (χ0) is 16.4. The number of likely N-dealkylation sites (tertiary alicyclic amines) is 2. The number of aryl methyl sites for hydroxylation is 1. The van der Waals surface area contributed by atoms with E-state index in [0.29, 0.717) is 16.8 Å². The quantitative estimate of drug-likeness (QED) is 0.889. The number of benzene rings is 1. The van der Waals surface area contributed by atoms with Crippen LogP contribution in [0.2, 0.25) is 5.02 Å². The van der Waals surface area contributed by atoms with Crippen LogP contribution in [0.1, 0.15) is 36.8 Å². The van der Waals surface area contributed by atoms with E-state index in [4.69, 9.17) is 11.6 Å². The molecule has 0 saturated carbocycles. The first-order chi connectivity index (χ1) is 11.0. The molecule has 1 aromatic carbocycles. The van der Waals surface area contributed by atoms with Crippen molar-refractivity contribution in [3.05, 3.63) is 28.3 Å². The third-order valence-corrected chi connectivity index (χ3v) is 5.53. The Labute approximate surface area is 143 Å². The largest absolute Gasteiger partial charge is 0.507 e. The zero-order valence-electron chi connectivity index (χ0n) is 13.8. The Morgan fingerprint density at radius 1 is 1.09 bits per heavy atom. The number of phenolic OH excluding ortho intramolecular Hbond substituents is 1. The molecule has 0 bridgehead atoms. The lowest BCUT2D eigenvalue weighted by molar-refractivity contribution is 0.0375. The normalized spacial score (nSPS) is 22.6. The molecule has 0 aliphatic carbocycles. The summed E-state index contributed by atoms with van der Waals surface area (Å²) in [4.78, 5) is 4.95. The van der Waals surface area contributed by atoms with E-state index in [-0.39, 0.29) is 6.10 Å². The van der Waals surface area contributed by atoms with Gasteiger partial charge in [0.25, 0.3) is 0 Å². The minimum Gasteiger partial charge on any atom is -0.507 e. The summed E-state index contributed by atoms with van der Waals surface area (Å²) < 4.78 is 0. The van der Waals surface area contributed by atoms with E-state index in [1.54, 1.807) is 6.07 Å². The molecule has 0 aromatic heterocycles. The average Bonchev–Trinajstić information content (AvgIpc) is 2.54. The van der Waals surface area contributed by atoms with Crippen molar-refractivity contribution in [1.82, 2.24) is 9.80 Å². The minimum absolute atomic E-state index is 0.0969. The molecule has 0 spiro atoms. The number of aliphatic hydroxyl groups is 1. The van der Waals surface area contributed by atoms with Gasteiger partial charge in [-0.05, 0) is 63.4 Å². The van der Waals surface area contributed by atoms with Crippen molar-refractivity contribution in [2.24, 2.45) is 0 Å². The second-order valence-electron chi connectivity index (χ2n) is 7.00. The number of piperidine rings is 2. The molecular formula is C18H27ClN2O2. The predicted molar refractivity (Wildman–Crippen MR) is 93.0 cm³/mol. The lowest BCUT2D eigenvalue weighted by atomic mass is 9.98. The maximum absolute atomic E-state index is 10.2. The van der Waals surface area contributed by atoms with Gasteiger partial charge in [-0.15, -0.1) is 0 Å². The Morgan fingerprint density at radius 2 is 1.74 bits per heavy atom. The van der Waals surface area contributed by atoms with E-state index in [2.05, 4.69) is 9.80 Å². The van der Waals surface area contributed by atoms with E-state index in [1.165, 1.54) is 0 Å². The molecule has 4 nitrogen and oxygen atoms in total. The Hall–Kier alpha value is -0.810. The first-order valence-electron chi connectivity index (χ1n) is 8.65. The van der Waals surface area contributed by atoms with Crippen molar-refractivity contribution < 1.29 is 10.2 Å². The smallest absolute Gasteiger partial charge is 0.123 e. The molecule has 23 heavy (non-hydrogen) atoms. The van der Waals surface area contributed by atoms with Gasteiger partial charge in [0.2, 0.25) is 0 Å². The third-order valence-electron chi connectivity index (χ3n) is 5.31. The van der Waals surface area contributed by atoms with Gasteiger partial charge in [-0.3, -0.25) is 4.90 Å². The summed E-state index contributed by atoms with van der Waals surface area (Å²) in [5.74, 6) is 0.376. The van der Waals surface area contributed by atoms with Crippen LogP contribution in [0.15, 0.2) is 12.1 Å². The molecule has 2 fully saturated rings. The summed E-state index contributed by atoms with van der Waals surface area (Å²) in [5.41, 5.74) is 1.77. The fraction of sp³-hybridized carbons (Fsp3) is 0.667. The molecule has 2 saturated heterocycles. The topological polar surface area (TPSA) is 46.9 Å². The van der Waals surface area contributed by atoms with Crippen LogP contribution in [0.5, 0.6) is 5.75 Å². The van der Waals surface area contributed by atoms with Crippen molar-refractivity contribution in [2.75, 3.05) is 26.2 Å². The highest BCUT2D eigenvalue weighted by Gasteiger charge is 2.27. The monoisotopic (exact) mass is 338 g/mol. The molecule has 2 N–H and O–H groups in total. The number of hydrogen-bond acceptors (Lipinski definition) is 4. The minimum atomic E-state index is -0.0969. The molecule has 0 amide bonds. The van der Waals surface area contributed by atoms with Gasteiger partial charge in [0.1, 0.15) is 5.75 Å². The number of nitrogens with zero attached hydrogens (tertiary/aromatic N) is 2. The van der Waals surface area contributed by atoms with Crippen molar-refractivity contribution in [3.8, 4) is 5.75 Å². The summed E-state index contributed by atoms with van der Waals surface area (Å²) >= 11 is 6.12. The van der Waals surface area contributed by atoms with Crippen molar-refractivity contribution >= 4 is 11.6 Å². The van der Waals surface area contributed by atoms with Crippen LogP contribution in [-0.4, -0.2) is 58.3 Å². The molecule has 5 heteroatoms. The summed E-state index contributed by atoms with van der Waals surface area (Å²) in [6.07, 6.45) is 4.05. The van der Waals surface area contributed by atoms with Gasteiger partial charge in [0.15, 0.2) is 0 Å². The Bertz CT molecular complexity index is 536. The lowest BCUT2D eigenvalue weighted by Gasteiger charge is -2.41. The second kappa shape index (κ2) is 7.39. The number of halogens is 1. The number of aliphatic hydroxyl groups excluding tert-OH is 1. The van der Waals surface area contributed by atoms with Crippen LogP contribution in [0, 0.1) is 6.92 Å². The SMILES string of the molecule is Cc1cc(Cl)cc(CN2CCC(N3CCC(O)CC3)CC2)c1O. The maximum Gasteiger partial charge on any atom is 0.123 e. The Kier molecular flexibility index (Phi) is 5.47. The second-order valence-corrected chi connectivity index (χ2v) is 7.44. The van der Waals surface area contributed by atoms with Gasteiger partial charge in [0.05, 0.1) is 6.10 Å². The summed E-state index contributed by atoms with van der Waals surface area (Å²) in [6.45, 7) is 6.81. The number of phenols is 1. The Morgan fingerprint density at radius 3 is 2.39 bits per heavy atom. The van der Waals surface area contributed by atoms with E-state index < -0.39 is 0 Å². The first kappa shape index (κ1) is 17.0. The van der Waals surface area contributed by atoms with E-state index in [0.717, 1.165) is 69.5 Å². The van der Waals surface area contributed by atoms with Gasteiger partial charge in [0, 0.05) is 36.3 Å². The molecule has 2 aliphatic rings. The molecule has 128 valence electrons. The van der Waals surface area contributed by atoms with Gasteiger partial charge < -0.3 is 15.1 Å². The summed E-state index contributed by atoms with van der Waals surface area (Å²) in [5, 5.41) is 20.5. The van der Waals surface area contributed by atoms with Gasteiger partial charge in [-0.25, -0.2) is 0 Å². The maximum atomic E-state index is 10.2. The van der Waals surface area contributed by atoms with Crippen molar-refractivity contribution in [2.45, 2.75) is 51.3 Å². The summed E-state index contributed by atoms with van der Waals surface area (Å²) in [7, 11) is 0. The summed E-state index contributed by atoms with van der Waals surface area (Å²) in [6, 6.07) is 4.33. The fourth-order valence-electron chi connectivity index (χ4n) is 3.86. The Balaban J connectivity index is 1.53. The molecule has 0 radical (unpaired) electrons. The lowest BCUT2D eigenvalue weighted by Crippen LogP contribution is -2.48. The first-order valence-corrected chi connectivity index (χ1v) is 9.03. The number of aromatic hydroxyl groups is 1. The van der Waals surface area contributed by atoms with Crippen LogP contribution < -0.4 is 0 Å². The van der Waals surface area contributed by atoms with Gasteiger partial charge in [-0.1, -0.05) is 11.6 Å². The van der Waals surface area contributed by atoms with Crippen LogP contribution in [-0.2, 0) is 6.54 Å². The molecule has 3 rings (SSSR count). The van der Waals surface area contributed by atoms with E-state index >= 15 is 0 Å².